The quantitative estimate of drug-likeness (QED) is 0.898. The van der Waals surface area contributed by atoms with Gasteiger partial charge in [0.1, 0.15) is 5.82 Å². The number of nitrogens with zero attached hydrogens (tertiary/aromatic N) is 1. The van der Waals surface area contributed by atoms with Crippen molar-refractivity contribution in [3.05, 3.63) is 34.1 Å². The number of fused-ring (bicyclic) bond motifs is 1. The van der Waals surface area contributed by atoms with Crippen molar-refractivity contribution >= 4 is 21.8 Å². The van der Waals surface area contributed by atoms with Gasteiger partial charge >= 0.3 is 0 Å². The monoisotopic (exact) mass is 340 g/mol. The second-order valence-electron chi connectivity index (χ2n) is 5.88. The molecule has 0 aromatic heterocycles. The van der Waals surface area contributed by atoms with E-state index in [9.17, 15) is 9.18 Å². The Morgan fingerprint density at radius 3 is 2.95 bits per heavy atom. The molecule has 20 heavy (non-hydrogen) atoms. The minimum absolute atomic E-state index is 0.0675. The maximum Gasteiger partial charge on any atom is 0.227 e. The van der Waals surface area contributed by atoms with Gasteiger partial charge in [-0.05, 0) is 48.4 Å². The van der Waals surface area contributed by atoms with Gasteiger partial charge in [0.15, 0.2) is 0 Å². The first kappa shape index (κ1) is 14.0. The Labute approximate surface area is 126 Å². The summed E-state index contributed by atoms with van der Waals surface area (Å²) in [4.78, 5) is 14.3. The van der Waals surface area contributed by atoms with E-state index in [4.69, 9.17) is 5.73 Å². The molecule has 1 saturated heterocycles. The van der Waals surface area contributed by atoms with Crippen LogP contribution in [0.25, 0.3) is 0 Å². The Morgan fingerprint density at radius 2 is 2.20 bits per heavy atom. The average molecular weight is 341 g/mol. The van der Waals surface area contributed by atoms with Crippen molar-refractivity contribution in [2.45, 2.75) is 25.3 Å². The Hall–Kier alpha value is -0.940. The van der Waals surface area contributed by atoms with Crippen LogP contribution in [0, 0.1) is 17.7 Å². The van der Waals surface area contributed by atoms with E-state index in [-0.39, 0.29) is 24.2 Å². The minimum atomic E-state index is -0.309. The molecule has 3 unspecified atom stereocenters. The summed E-state index contributed by atoms with van der Waals surface area (Å²) in [7, 11) is 0. The van der Waals surface area contributed by atoms with Gasteiger partial charge in [-0.3, -0.25) is 4.79 Å². The van der Waals surface area contributed by atoms with Crippen LogP contribution in [0.5, 0.6) is 0 Å². The van der Waals surface area contributed by atoms with Gasteiger partial charge in [-0.25, -0.2) is 4.39 Å². The second kappa shape index (κ2) is 5.45. The van der Waals surface area contributed by atoms with Crippen LogP contribution in [0.1, 0.15) is 18.4 Å². The van der Waals surface area contributed by atoms with E-state index in [1.165, 1.54) is 12.1 Å². The molecule has 1 amide bonds. The molecule has 1 aromatic carbocycles. The number of carbonyl (C=O) groups excluding carboxylic acids is 1. The molecule has 1 aromatic rings. The van der Waals surface area contributed by atoms with Crippen molar-refractivity contribution in [1.29, 1.82) is 0 Å². The van der Waals surface area contributed by atoms with Crippen LogP contribution in [-0.4, -0.2) is 29.9 Å². The lowest BCUT2D eigenvalue weighted by atomic mass is 9.98. The van der Waals surface area contributed by atoms with E-state index in [1.807, 2.05) is 4.90 Å². The molecular weight excluding hydrogens is 323 g/mol. The largest absolute Gasteiger partial charge is 0.342 e. The normalized spacial score (nSPS) is 28.8. The molecule has 1 saturated carbocycles. The number of likely N-dealkylation sites (tertiary alicyclic amines) is 1. The zero-order valence-corrected chi connectivity index (χ0v) is 12.8. The van der Waals surface area contributed by atoms with E-state index in [0.717, 1.165) is 30.4 Å². The Morgan fingerprint density at radius 1 is 1.40 bits per heavy atom. The summed E-state index contributed by atoms with van der Waals surface area (Å²) in [5, 5.41) is 0. The number of hydrogen-bond donors (Lipinski definition) is 1. The molecule has 0 spiro atoms. The number of rotatable bonds is 2. The molecule has 108 valence electrons. The summed E-state index contributed by atoms with van der Waals surface area (Å²) in [5.74, 6) is 0.772. The van der Waals surface area contributed by atoms with Crippen molar-refractivity contribution in [2.24, 2.45) is 17.6 Å². The second-order valence-corrected chi connectivity index (χ2v) is 6.73. The van der Waals surface area contributed by atoms with E-state index < -0.39 is 0 Å². The Bertz CT molecular complexity index is 537. The summed E-state index contributed by atoms with van der Waals surface area (Å²) in [5.41, 5.74) is 6.79. The fourth-order valence-electron chi connectivity index (χ4n) is 3.46. The highest BCUT2D eigenvalue weighted by Crippen LogP contribution is 2.37. The molecule has 2 aliphatic rings. The molecule has 1 aliphatic carbocycles. The lowest BCUT2D eigenvalue weighted by Gasteiger charge is -2.19. The number of hydrogen-bond acceptors (Lipinski definition) is 2. The van der Waals surface area contributed by atoms with Gasteiger partial charge in [0.2, 0.25) is 5.91 Å². The number of carbonyl (C=O) groups is 1. The highest BCUT2D eigenvalue weighted by molar-refractivity contribution is 9.10. The van der Waals surface area contributed by atoms with Gasteiger partial charge < -0.3 is 10.6 Å². The molecule has 3 nitrogen and oxygen atoms in total. The molecule has 3 rings (SSSR count). The Balaban J connectivity index is 1.67. The SMILES string of the molecule is NC1CCC2CN(C(=O)Cc3cc(F)ccc3Br)CC12. The molecule has 5 heteroatoms. The van der Waals surface area contributed by atoms with E-state index in [1.54, 1.807) is 6.07 Å². The molecule has 0 bridgehead atoms. The molecular formula is C15H18BrFN2O. The molecule has 0 radical (unpaired) electrons. The number of benzene rings is 1. The average Bonchev–Trinajstić information content (AvgIpc) is 2.97. The van der Waals surface area contributed by atoms with Crippen molar-refractivity contribution in [2.75, 3.05) is 13.1 Å². The molecule has 1 heterocycles. The predicted octanol–water partition coefficient (Wildman–Crippen LogP) is 2.33. The zero-order chi connectivity index (χ0) is 14.3. The molecule has 3 atom stereocenters. The van der Waals surface area contributed by atoms with Crippen LogP contribution in [0.15, 0.2) is 22.7 Å². The van der Waals surface area contributed by atoms with Crippen molar-refractivity contribution in [3.63, 3.8) is 0 Å². The standard InChI is InChI=1S/C15H18BrFN2O/c16-13-3-2-11(17)5-10(13)6-15(20)19-7-9-1-4-14(18)12(9)8-19/h2-3,5,9,12,14H,1,4,6-8,18H2. The summed E-state index contributed by atoms with van der Waals surface area (Å²) < 4.78 is 14.0. The topological polar surface area (TPSA) is 46.3 Å². The van der Waals surface area contributed by atoms with Crippen LogP contribution < -0.4 is 5.73 Å². The predicted molar refractivity (Wildman–Crippen MR) is 78.6 cm³/mol. The van der Waals surface area contributed by atoms with Crippen LogP contribution in [0.3, 0.4) is 0 Å². The lowest BCUT2D eigenvalue weighted by Crippen LogP contribution is -2.34. The fourth-order valence-corrected chi connectivity index (χ4v) is 3.85. The van der Waals surface area contributed by atoms with E-state index in [0.29, 0.717) is 17.4 Å². The Kier molecular flexibility index (Phi) is 3.82. The minimum Gasteiger partial charge on any atom is -0.342 e. The lowest BCUT2D eigenvalue weighted by molar-refractivity contribution is -0.129. The van der Waals surface area contributed by atoms with Gasteiger partial charge in [-0.15, -0.1) is 0 Å². The number of amides is 1. The van der Waals surface area contributed by atoms with Gasteiger partial charge in [-0.1, -0.05) is 15.9 Å². The fraction of sp³-hybridized carbons (Fsp3) is 0.533. The summed E-state index contributed by atoms with van der Waals surface area (Å²) in [6, 6.07) is 4.69. The maximum absolute atomic E-state index is 13.3. The molecule has 1 aliphatic heterocycles. The first-order valence-electron chi connectivity index (χ1n) is 7.02. The number of halogens is 2. The van der Waals surface area contributed by atoms with Crippen molar-refractivity contribution in [3.8, 4) is 0 Å². The van der Waals surface area contributed by atoms with E-state index in [2.05, 4.69) is 15.9 Å². The van der Waals surface area contributed by atoms with Gasteiger partial charge in [-0.2, -0.15) is 0 Å². The highest BCUT2D eigenvalue weighted by atomic mass is 79.9. The van der Waals surface area contributed by atoms with Crippen LogP contribution >= 0.6 is 15.9 Å². The third-order valence-electron chi connectivity index (χ3n) is 4.61. The smallest absolute Gasteiger partial charge is 0.227 e. The first-order valence-corrected chi connectivity index (χ1v) is 7.81. The van der Waals surface area contributed by atoms with Gasteiger partial charge in [0, 0.05) is 23.6 Å². The zero-order valence-electron chi connectivity index (χ0n) is 11.2. The molecule has 2 fully saturated rings. The van der Waals surface area contributed by atoms with Crippen LogP contribution in [0.2, 0.25) is 0 Å². The molecule has 2 N–H and O–H groups in total. The third-order valence-corrected chi connectivity index (χ3v) is 5.39. The first-order chi connectivity index (χ1) is 9.54. The van der Waals surface area contributed by atoms with Crippen LogP contribution in [0.4, 0.5) is 4.39 Å². The van der Waals surface area contributed by atoms with E-state index >= 15 is 0 Å². The summed E-state index contributed by atoms with van der Waals surface area (Å²) >= 11 is 3.37. The summed E-state index contributed by atoms with van der Waals surface area (Å²) in [6.07, 6.45) is 2.44. The van der Waals surface area contributed by atoms with Gasteiger partial charge in [0.05, 0.1) is 6.42 Å². The van der Waals surface area contributed by atoms with Crippen molar-refractivity contribution in [1.82, 2.24) is 4.90 Å². The van der Waals surface area contributed by atoms with Gasteiger partial charge in [0.25, 0.3) is 0 Å². The van der Waals surface area contributed by atoms with Crippen molar-refractivity contribution < 1.29 is 9.18 Å². The highest BCUT2D eigenvalue weighted by Gasteiger charge is 2.42. The number of nitrogens with two attached hydrogens (primary N) is 1. The maximum atomic E-state index is 13.3. The third kappa shape index (κ3) is 2.61. The summed E-state index contributed by atoms with van der Waals surface area (Å²) in [6.45, 7) is 1.57. The van der Waals surface area contributed by atoms with Crippen LogP contribution in [-0.2, 0) is 11.2 Å².